The number of nitrogens with one attached hydrogen (secondary N) is 4. The lowest BCUT2D eigenvalue weighted by atomic mass is 10.0. The molecule has 2 aromatic carbocycles. The molecule has 3 rings (SSSR count). The average molecular weight is 578 g/mol. The van der Waals surface area contributed by atoms with E-state index in [9.17, 15) is 29.1 Å². The molecule has 1 heterocycles. The number of amides is 4. The van der Waals surface area contributed by atoms with E-state index < -0.39 is 53.8 Å². The van der Waals surface area contributed by atoms with Crippen LogP contribution < -0.4 is 27.4 Å². The van der Waals surface area contributed by atoms with Crippen molar-refractivity contribution in [2.24, 2.45) is 11.5 Å². The molecule has 4 amide bonds. The Balaban J connectivity index is 1.80. The lowest BCUT2D eigenvalue weighted by molar-refractivity contribution is -0.142. The fraction of sp³-hybridized carbons (Fsp3) is 0.310. The molecular weight excluding hydrogens is 542 g/mol. The largest absolute Gasteiger partial charge is 0.480 e. The van der Waals surface area contributed by atoms with E-state index in [0.29, 0.717) is 11.3 Å². The number of benzene rings is 2. The van der Waals surface area contributed by atoms with Crippen molar-refractivity contribution in [2.45, 2.75) is 56.3 Å². The molecule has 42 heavy (non-hydrogen) atoms. The van der Waals surface area contributed by atoms with Crippen LogP contribution in [0.2, 0.25) is 0 Å². The normalized spacial score (nSPS) is 13.6. The summed E-state index contributed by atoms with van der Waals surface area (Å²) in [5.41, 5.74) is 13.0. The predicted molar refractivity (Wildman–Crippen MR) is 152 cm³/mol. The molecule has 0 saturated heterocycles. The van der Waals surface area contributed by atoms with Gasteiger partial charge in [-0.05, 0) is 17.5 Å². The zero-order valence-corrected chi connectivity index (χ0v) is 22.9. The summed E-state index contributed by atoms with van der Waals surface area (Å²) >= 11 is 0. The van der Waals surface area contributed by atoms with Gasteiger partial charge in [0.25, 0.3) is 0 Å². The summed E-state index contributed by atoms with van der Waals surface area (Å²) < 4.78 is 0. The molecule has 13 nitrogen and oxygen atoms in total. The number of hydrogen-bond acceptors (Lipinski definition) is 7. The van der Waals surface area contributed by atoms with E-state index in [1.807, 2.05) is 0 Å². The standard InChI is InChI=1S/C29H35N7O6/c30-21(11-12-25(31)37)26(38)34-22(13-18-7-3-1-4-8-18)27(39)35-23(15-20-16-32-17-33-20)28(40)36-24(29(41)42)14-19-9-5-2-6-10-19/h1-10,16-17,21-24H,11-15,30H2,(H2,31,37)(H,32,33)(H,34,38)(H,35,39)(H,36,40)(H,41,42). The summed E-state index contributed by atoms with van der Waals surface area (Å²) in [5.74, 6) is -3.95. The molecular formula is C29H35N7O6. The number of aromatic amines is 1. The Hall–Kier alpha value is -5.04. The first-order valence-electron chi connectivity index (χ1n) is 13.3. The van der Waals surface area contributed by atoms with Gasteiger partial charge in [0.15, 0.2) is 0 Å². The number of nitrogens with zero attached hydrogens (tertiary/aromatic N) is 1. The number of nitrogens with two attached hydrogens (primary N) is 2. The Morgan fingerprint density at radius 2 is 1.26 bits per heavy atom. The number of carbonyl (C=O) groups excluding carboxylic acids is 4. The van der Waals surface area contributed by atoms with Crippen molar-refractivity contribution in [2.75, 3.05) is 0 Å². The Bertz CT molecular complexity index is 1340. The molecule has 4 atom stereocenters. The molecule has 0 fully saturated rings. The summed E-state index contributed by atoms with van der Waals surface area (Å²) in [6, 6.07) is 13.0. The van der Waals surface area contributed by atoms with Gasteiger partial charge in [0.05, 0.1) is 12.4 Å². The summed E-state index contributed by atoms with van der Waals surface area (Å²) in [6.07, 6.45) is 2.85. The Labute approximate surface area is 242 Å². The second kappa shape index (κ2) is 15.7. The Morgan fingerprint density at radius 1 is 0.762 bits per heavy atom. The number of carbonyl (C=O) groups is 5. The number of imidazole rings is 1. The van der Waals surface area contributed by atoms with Crippen LogP contribution in [0.3, 0.4) is 0 Å². The van der Waals surface area contributed by atoms with Gasteiger partial charge in [-0.3, -0.25) is 19.2 Å². The number of aromatic nitrogens is 2. The van der Waals surface area contributed by atoms with Gasteiger partial charge in [0, 0.05) is 37.6 Å². The number of carboxylic acid groups (broad SMARTS) is 1. The first-order chi connectivity index (χ1) is 20.1. The van der Waals surface area contributed by atoms with Crippen LogP contribution in [0.5, 0.6) is 0 Å². The number of primary amides is 1. The second-order valence-electron chi connectivity index (χ2n) is 9.79. The minimum Gasteiger partial charge on any atom is -0.480 e. The molecule has 1 aromatic heterocycles. The first kappa shape index (κ1) is 31.5. The smallest absolute Gasteiger partial charge is 0.326 e. The van der Waals surface area contributed by atoms with E-state index in [-0.39, 0.29) is 32.1 Å². The molecule has 0 saturated carbocycles. The van der Waals surface area contributed by atoms with Crippen LogP contribution in [0.1, 0.15) is 29.7 Å². The van der Waals surface area contributed by atoms with Crippen molar-refractivity contribution in [3.05, 3.63) is 90.0 Å². The molecule has 0 bridgehead atoms. The van der Waals surface area contributed by atoms with E-state index in [2.05, 4.69) is 25.9 Å². The molecule has 4 unspecified atom stereocenters. The van der Waals surface area contributed by atoms with Gasteiger partial charge in [0.1, 0.15) is 18.1 Å². The van der Waals surface area contributed by atoms with Crippen LogP contribution in [-0.2, 0) is 43.2 Å². The molecule has 3 aromatic rings. The van der Waals surface area contributed by atoms with Crippen LogP contribution in [0.15, 0.2) is 73.2 Å². The highest BCUT2D eigenvalue weighted by molar-refractivity contribution is 5.94. The predicted octanol–water partition coefficient (Wildman–Crippen LogP) is -0.431. The maximum atomic E-state index is 13.6. The number of H-pyrrole nitrogens is 1. The molecule has 0 radical (unpaired) electrons. The Morgan fingerprint density at radius 3 is 1.76 bits per heavy atom. The van der Waals surface area contributed by atoms with E-state index >= 15 is 0 Å². The molecule has 0 spiro atoms. The fourth-order valence-corrected chi connectivity index (χ4v) is 4.19. The van der Waals surface area contributed by atoms with E-state index in [0.717, 1.165) is 5.56 Å². The quantitative estimate of drug-likeness (QED) is 0.118. The molecule has 0 aliphatic rings. The third-order valence-electron chi connectivity index (χ3n) is 6.46. The minimum absolute atomic E-state index is 0.0102. The average Bonchev–Trinajstić information content (AvgIpc) is 3.49. The van der Waals surface area contributed by atoms with Gasteiger partial charge in [-0.1, -0.05) is 60.7 Å². The highest BCUT2D eigenvalue weighted by Crippen LogP contribution is 2.08. The number of rotatable bonds is 16. The summed E-state index contributed by atoms with van der Waals surface area (Å²) in [6.45, 7) is 0. The van der Waals surface area contributed by atoms with Crippen LogP contribution in [0.25, 0.3) is 0 Å². The van der Waals surface area contributed by atoms with Gasteiger partial charge in [-0.15, -0.1) is 0 Å². The van der Waals surface area contributed by atoms with Gasteiger partial charge in [-0.25, -0.2) is 9.78 Å². The maximum absolute atomic E-state index is 13.6. The monoisotopic (exact) mass is 577 g/mol. The summed E-state index contributed by atoms with van der Waals surface area (Å²) in [7, 11) is 0. The van der Waals surface area contributed by atoms with Crippen molar-refractivity contribution >= 4 is 29.6 Å². The van der Waals surface area contributed by atoms with Crippen molar-refractivity contribution in [3.63, 3.8) is 0 Å². The van der Waals surface area contributed by atoms with E-state index in [1.54, 1.807) is 60.7 Å². The third-order valence-corrected chi connectivity index (χ3v) is 6.46. The molecule has 0 aliphatic heterocycles. The highest BCUT2D eigenvalue weighted by Gasteiger charge is 2.31. The fourth-order valence-electron chi connectivity index (χ4n) is 4.19. The van der Waals surface area contributed by atoms with Crippen LogP contribution in [-0.4, -0.2) is 68.8 Å². The number of carboxylic acids is 1. The van der Waals surface area contributed by atoms with Crippen LogP contribution in [0.4, 0.5) is 0 Å². The van der Waals surface area contributed by atoms with Crippen molar-refractivity contribution in [3.8, 4) is 0 Å². The number of aliphatic carboxylic acids is 1. The number of hydrogen-bond donors (Lipinski definition) is 7. The topological polar surface area (TPSA) is 222 Å². The van der Waals surface area contributed by atoms with Gasteiger partial charge < -0.3 is 37.5 Å². The zero-order chi connectivity index (χ0) is 30.5. The van der Waals surface area contributed by atoms with Crippen molar-refractivity contribution in [1.82, 2.24) is 25.9 Å². The zero-order valence-electron chi connectivity index (χ0n) is 22.9. The van der Waals surface area contributed by atoms with Crippen LogP contribution >= 0.6 is 0 Å². The first-order valence-corrected chi connectivity index (χ1v) is 13.3. The molecule has 13 heteroatoms. The lowest BCUT2D eigenvalue weighted by Gasteiger charge is -2.25. The lowest BCUT2D eigenvalue weighted by Crippen LogP contribution is -2.58. The van der Waals surface area contributed by atoms with E-state index in [1.165, 1.54) is 12.5 Å². The van der Waals surface area contributed by atoms with Crippen molar-refractivity contribution in [1.29, 1.82) is 0 Å². The summed E-state index contributed by atoms with van der Waals surface area (Å²) in [4.78, 5) is 69.7. The van der Waals surface area contributed by atoms with Gasteiger partial charge in [-0.2, -0.15) is 0 Å². The van der Waals surface area contributed by atoms with Gasteiger partial charge in [0.2, 0.25) is 23.6 Å². The Kier molecular flexibility index (Phi) is 11.7. The maximum Gasteiger partial charge on any atom is 0.326 e. The SMILES string of the molecule is NC(=O)CCC(N)C(=O)NC(Cc1ccccc1)C(=O)NC(Cc1cnc[nH]1)C(=O)NC(Cc1ccccc1)C(=O)O. The highest BCUT2D eigenvalue weighted by atomic mass is 16.4. The third kappa shape index (κ3) is 10.2. The molecule has 0 aliphatic carbocycles. The van der Waals surface area contributed by atoms with Gasteiger partial charge >= 0.3 is 5.97 Å². The molecule has 9 N–H and O–H groups in total. The second-order valence-corrected chi connectivity index (χ2v) is 9.79. The van der Waals surface area contributed by atoms with Crippen LogP contribution in [0, 0.1) is 0 Å². The van der Waals surface area contributed by atoms with E-state index in [4.69, 9.17) is 11.5 Å². The molecule has 222 valence electrons. The minimum atomic E-state index is -1.26. The summed E-state index contributed by atoms with van der Waals surface area (Å²) in [5, 5.41) is 17.6. The van der Waals surface area contributed by atoms with Crippen molar-refractivity contribution < 1.29 is 29.1 Å².